The van der Waals surface area contributed by atoms with Crippen molar-refractivity contribution in [2.75, 3.05) is 20.2 Å². The summed E-state index contributed by atoms with van der Waals surface area (Å²) in [5, 5.41) is 9.89. The first-order chi connectivity index (χ1) is 18.6. The van der Waals surface area contributed by atoms with Gasteiger partial charge in [0, 0.05) is 37.6 Å². The average molecular weight is 544 g/mol. The fourth-order valence-electron chi connectivity index (χ4n) is 8.49. The highest BCUT2D eigenvalue weighted by molar-refractivity contribution is 5.70. The summed E-state index contributed by atoms with van der Waals surface area (Å²) in [6.45, 7) is 6.96. The van der Waals surface area contributed by atoms with Gasteiger partial charge in [0.2, 0.25) is 0 Å². The maximum absolute atomic E-state index is 13.4. The van der Waals surface area contributed by atoms with Gasteiger partial charge >= 0.3 is 17.9 Å². The fraction of sp³-hybridized carbons (Fsp3) is 0.700. The number of carbonyl (C=O) groups excluding carboxylic acids is 3. The minimum Gasteiger partial charge on any atom is -0.504 e. The fourth-order valence-corrected chi connectivity index (χ4v) is 8.49. The van der Waals surface area contributed by atoms with Gasteiger partial charge in [-0.2, -0.15) is 0 Å². The molecule has 2 aliphatic heterocycles. The van der Waals surface area contributed by atoms with Crippen molar-refractivity contribution in [1.82, 2.24) is 4.90 Å². The number of hydrogen-bond acceptors (Lipinski definition) is 9. The smallest absolute Gasteiger partial charge is 0.306 e. The van der Waals surface area contributed by atoms with Crippen LogP contribution in [0.1, 0.15) is 64.9 Å². The van der Waals surface area contributed by atoms with E-state index in [1.54, 1.807) is 18.2 Å². The molecule has 0 unspecified atom stereocenters. The van der Waals surface area contributed by atoms with E-state index >= 15 is 0 Å². The number of benzene rings is 1. The molecule has 5 rings (SSSR count). The summed E-state index contributed by atoms with van der Waals surface area (Å²) in [7, 11) is 1.48. The summed E-state index contributed by atoms with van der Waals surface area (Å²) in [6, 6.07) is 5.02. The van der Waals surface area contributed by atoms with Crippen LogP contribution in [0.5, 0.6) is 11.5 Å². The van der Waals surface area contributed by atoms with Gasteiger partial charge in [-0.1, -0.05) is 13.0 Å². The molecule has 214 valence electrons. The lowest BCUT2D eigenvalue weighted by Gasteiger charge is -2.69. The lowest BCUT2D eigenvalue weighted by molar-refractivity contribution is -0.272. The van der Waals surface area contributed by atoms with E-state index in [-0.39, 0.29) is 53.3 Å². The standard InChI is InChI=1S/C30H41NO8/c1-17-16-30-21-7-5-13-31(30)14-6-8-22(30)28(29(38-19(3)33)26(21)27(17)37-18(2)32)39-25(35)12-10-20-9-11-23(34)24(15-20)36-4/h9,11,15,17,21-22,26-29,34H,5-8,10,12-14,16H2,1-4H3/t17-,21+,22+,26-,27+,28-,29-,30+/m1/s1. The highest BCUT2D eigenvalue weighted by atomic mass is 16.6. The molecule has 0 aromatic heterocycles. The Balaban J connectivity index is 1.46. The SMILES string of the molecule is COc1cc(CCC(=O)O[C@H]2[C@H](OC(C)=O)[C@H]3[C@@H](OC(C)=O)[C@H](C)C[C@]45[C@H]2CCCN4CCC[C@@H]35)ccc1O. The monoisotopic (exact) mass is 543 g/mol. The van der Waals surface area contributed by atoms with E-state index in [2.05, 4.69) is 11.8 Å². The number of hydrogen-bond donors (Lipinski definition) is 1. The molecule has 1 aromatic rings. The third-order valence-corrected chi connectivity index (χ3v) is 9.65. The normalized spacial score (nSPS) is 35.3. The van der Waals surface area contributed by atoms with Gasteiger partial charge in [-0.15, -0.1) is 0 Å². The first-order valence-corrected chi connectivity index (χ1v) is 14.3. The molecule has 2 bridgehead atoms. The molecular weight excluding hydrogens is 502 g/mol. The predicted octanol–water partition coefficient (Wildman–Crippen LogP) is 3.64. The highest BCUT2D eigenvalue weighted by Gasteiger charge is 2.70. The second-order valence-corrected chi connectivity index (χ2v) is 11.8. The third kappa shape index (κ3) is 4.98. The largest absolute Gasteiger partial charge is 0.504 e. The Morgan fingerprint density at radius 2 is 1.64 bits per heavy atom. The van der Waals surface area contributed by atoms with E-state index < -0.39 is 24.3 Å². The Morgan fingerprint density at radius 3 is 2.31 bits per heavy atom. The molecule has 2 saturated carbocycles. The molecule has 4 fully saturated rings. The lowest BCUT2D eigenvalue weighted by Crippen LogP contribution is -2.78. The maximum atomic E-state index is 13.4. The first-order valence-electron chi connectivity index (χ1n) is 14.3. The van der Waals surface area contributed by atoms with Crippen molar-refractivity contribution in [3.63, 3.8) is 0 Å². The molecule has 9 nitrogen and oxygen atoms in total. The number of ether oxygens (including phenoxy) is 4. The minimum atomic E-state index is -0.673. The van der Waals surface area contributed by atoms with Gasteiger partial charge in [-0.05, 0) is 81.1 Å². The number of methoxy groups -OCH3 is 1. The summed E-state index contributed by atoms with van der Waals surface area (Å²) >= 11 is 0. The molecule has 1 N–H and O–H groups in total. The zero-order chi connectivity index (χ0) is 27.9. The second-order valence-electron chi connectivity index (χ2n) is 11.8. The van der Waals surface area contributed by atoms with Crippen molar-refractivity contribution in [2.45, 2.75) is 89.6 Å². The van der Waals surface area contributed by atoms with Crippen LogP contribution in [0.15, 0.2) is 18.2 Å². The zero-order valence-corrected chi connectivity index (χ0v) is 23.4. The van der Waals surface area contributed by atoms with Gasteiger partial charge in [-0.25, -0.2) is 0 Å². The number of aromatic hydroxyl groups is 1. The average Bonchev–Trinajstić information content (AvgIpc) is 2.88. The quantitative estimate of drug-likeness (QED) is 0.407. The van der Waals surface area contributed by atoms with E-state index in [9.17, 15) is 19.5 Å². The molecule has 2 saturated heterocycles. The van der Waals surface area contributed by atoms with Crippen molar-refractivity contribution < 1.29 is 38.4 Å². The molecular formula is C30H41NO8. The van der Waals surface area contributed by atoms with Gasteiger partial charge in [0.15, 0.2) is 11.5 Å². The lowest BCUT2D eigenvalue weighted by atomic mass is 9.46. The molecule has 1 spiro atoms. The van der Waals surface area contributed by atoms with Crippen LogP contribution in [-0.4, -0.2) is 72.0 Å². The van der Waals surface area contributed by atoms with Crippen LogP contribution < -0.4 is 4.74 Å². The molecule has 39 heavy (non-hydrogen) atoms. The first kappa shape index (κ1) is 27.7. The topological polar surface area (TPSA) is 112 Å². The Hall–Kier alpha value is -2.81. The minimum absolute atomic E-state index is 0.0376. The van der Waals surface area contributed by atoms with Crippen LogP contribution in [0.3, 0.4) is 0 Å². The van der Waals surface area contributed by atoms with Crippen molar-refractivity contribution in [2.24, 2.45) is 23.7 Å². The summed E-state index contributed by atoms with van der Waals surface area (Å²) in [4.78, 5) is 40.6. The number of carbonyl (C=O) groups is 3. The van der Waals surface area contributed by atoms with Gasteiger partial charge < -0.3 is 24.1 Å². The molecule has 9 heteroatoms. The van der Waals surface area contributed by atoms with E-state index in [4.69, 9.17) is 18.9 Å². The second kappa shape index (κ2) is 11.0. The number of piperidine rings is 2. The molecule has 0 amide bonds. The number of aryl methyl sites for hydroxylation is 1. The van der Waals surface area contributed by atoms with Crippen LogP contribution in [0.2, 0.25) is 0 Å². The molecule has 0 radical (unpaired) electrons. The van der Waals surface area contributed by atoms with Gasteiger partial charge in [0.05, 0.1) is 7.11 Å². The Labute approximate surface area is 230 Å². The van der Waals surface area contributed by atoms with E-state index in [0.717, 1.165) is 50.8 Å². The Bertz CT molecular complexity index is 1100. The van der Waals surface area contributed by atoms with E-state index in [1.165, 1.54) is 21.0 Å². The molecule has 2 heterocycles. The third-order valence-electron chi connectivity index (χ3n) is 9.65. The van der Waals surface area contributed by atoms with Crippen LogP contribution in [0.25, 0.3) is 0 Å². The number of phenols is 1. The van der Waals surface area contributed by atoms with Crippen molar-refractivity contribution in [1.29, 1.82) is 0 Å². The molecule has 1 aromatic carbocycles. The van der Waals surface area contributed by atoms with Gasteiger partial charge in [0.25, 0.3) is 0 Å². The van der Waals surface area contributed by atoms with Crippen molar-refractivity contribution >= 4 is 17.9 Å². The number of nitrogens with zero attached hydrogens (tertiary/aromatic N) is 1. The Morgan fingerprint density at radius 1 is 0.974 bits per heavy atom. The van der Waals surface area contributed by atoms with Crippen LogP contribution in [0, 0.1) is 23.7 Å². The van der Waals surface area contributed by atoms with E-state index in [1.807, 2.05) is 0 Å². The van der Waals surface area contributed by atoms with Crippen molar-refractivity contribution in [3.8, 4) is 11.5 Å². The van der Waals surface area contributed by atoms with Crippen LogP contribution >= 0.6 is 0 Å². The number of rotatable bonds is 7. The van der Waals surface area contributed by atoms with Gasteiger partial charge in [-0.3, -0.25) is 19.3 Å². The van der Waals surface area contributed by atoms with Crippen LogP contribution in [-0.2, 0) is 35.0 Å². The predicted molar refractivity (Wildman–Crippen MR) is 141 cm³/mol. The summed E-state index contributed by atoms with van der Waals surface area (Å²) in [5.41, 5.74) is 0.681. The van der Waals surface area contributed by atoms with Crippen LogP contribution in [0.4, 0.5) is 0 Å². The Kier molecular flexibility index (Phi) is 7.82. The highest BCUT2D eigenvalue weighted by Crippen LogP contribution is 2.62. The molecule has 2 aliphatic carbocycles. The molecule has 4 aliphatic rings. The molecule has 8 atom stereocenters. The van der Waals surface area contributed by atoms with Gasteiger partial charge in [0.1, 0.15) is 18.3 Å². The summed E-state index contributed by atoms with van der Waals surface area (Å²) < 4.78 is 23.5. The summed E-state index contributed by atoms with van der Waals surface area (Å²) in [6.07, 6.45) is 3.65. The number of phenolic OH excluding ortho intramolecular Hbond substituents is 1. The van der Waals surface area contributed by atoms with Crippen molar-refractivity contribution in [3.05, 3.63) is 23.8 Å². The zero-order valence-electron chi connectivity index (χ0n) is 23.4. The van der Waals surface area contributed by atoms with E-state index in [0.29, 0.717) is 12.2 Å². The summed E-state index contributed by atoms with van der Waals surface area (Å²) in [5.74, 6) is -0.645. The maximum Gasteiger partial charge on any atom is 0.306 e. The number of esters is 3.